The summed E-state index contributed by atoms with van der Waals surface area (Å²) in [6, 6.07) is 11.0. The molecule has 0 saturated carbocycles. The summed E-state index contributed by atoms with van der Waals surface area (Å²) >= 11 is 6.28. The standard InChI is InChI=1S/C21H18ClN5O2/c1-13-18(20(26-29-13)16-7-3-4-8-17(16)22)21(28)24-10-14-6-5-9-23-19(14)15-11-25-27(2)12-15/h3-9,11-12H,10H2,1-2H3,(H,24,28). The Labute approximate surface area is 172 Å². The Balaban J connectivity index is 1.60. The van der Waals surface area contributed by atoms with E-state index in [9.17, 15) is 4.79 Å². The highest BCUT2D eigenvalue weighted by atomic mass is 35.5. The van der Waals surface area contributed by atoms with Crippen LogP contribution in [0.3, 0.4) is 0 Å². The van der Waals surface area contributed by atoms with Gasteiger partial charge in [-0.15, -0.1) is 0 Å². The van der Waals surface area contributed by atoms with Gasteiger partial charge in [0.2, 0.25) is 0 Å². The number of carbonyl (C=O) groups excluding carboxylic acids is 1. The molecule has 1 N–H and O–H groups in total. The molecule has 3 heterocycles. The van der Waals surface area contributed by atoms with Crippen molar-refractivity contribution in [1.29, 1.82) is 0 Å². The highest BCUT2D eigenvalue weighted by Crippen LogP contribution is 2.31. The largest absolute Gasteiger partial charge is 0.360 e. The second-order valence-electron chi connectivity index (χ2n) is 6.54. The normalized spacial score (nSPS) is 10.9. The molecule has 3 aromatic heterocycles. The van der Waals surface area contributed by atoms with E-state index in [2.05, 4.69) is 20.6 Å². The smallest absolute Gasteiger partial charge is 0.257 e. The Morgan fingerprint density at radius 1 is 1.21 bits per heavy atom. The molecular formula is C21H18ClN5O2. The summed E-state index contributed by atoms with van der Waals surface area (Å²) in [6.45, 7) is 2.00. The lowest BCUT2D eigenvalue weighted by atomic mass is 10.0. The number of hydrogen-bond acceptors (Lipinski definition) is 5. The Morgan fingerprint density at radius 3 is 2.79 bits per heavy atom. The average molecular weight is 408 g/mol. The first-order valence-electron chi connectivity index (χ1n) is 8.97. The lowest BCUT2D eigenvalue weighted by molar-refractivity contribution is 0.0950. The van der Waals surface area contributed by atoms with Gasteiger partial charge < -0.3 is 9.84 Å². The SMILES string of the molecule is Cc1onc(-c2ccccc2Cl)c1C(=O)NCc1cccnc1-c1cnn(C)c1. The number of halogens is 1. The minimum atomic E-state index is -0.292. The molecule has 0 fully saturated rings. The lowest BCUT2D eigenvalue weighted by Gasteiger charge is -2.09. The third-order valence-corrected chi connectivity index (χ3v) is 4.86. The van der Waals surface area contributed by atoms with Gasteiger partial charge in [-0.25, -0.2) is 0 Å². The molecule has 0 radical (unpaired) electrons. The van der Waals surface area contributed by atoms with Crippen LogP contribution in [0.15, 0.2) is 59.5 Å². The van der Waals surface area contributed by atoms with Crippen LogP contribution in [-0.2, 0) is 13.6 Å². The van der Waals surface area contributed by atoms with E-state index in [0.29, 0.717) is 34.1 Å². The molecule has 0 spiro atoms. The first-order valence-corrected chi connectivity index (χ1v) is 9.34. The molecule has 7 nitrogen and oxygen atoms in total. The van der Waals surface area contributed by atoms with Gasteiger partial charge in [0.25, 0.3) is 5.91 Å². The van der Waals surface area contributed by atoms with Crippen LogP contribution in [0, 0.1) is 6.92 Å². The van der Waals surface area contributed by atoms with Crippen molar-refractivity contribution in [1.82, 2.24) is 25.2 Å². The maximum atomic E-state index is 13.0. The first kappa shape index (κ1) is 18.9. The number of nitrogens with one attached hydrogen (secondary N) is 1. The summed E-state index contributed by atoms with van der Waals surface area (Å²) in [4.78, 5) is 17.4. The van der Waals surface area contributed by atoms with Gasteiger partial charge in [-0.05, 0) is 24.6 Å². The quantitative estimate of drug-likeness (QED) is 0.539. The van der Waals surface area contributed by atoms with E-state index in [1.165, 1.54) is 0 Å². The van der Waals surface area contributed by atoms with Gasteiger partial charge in [0.05, 0.1) is 16.9 Å². The molecule has 29 heavy (non-hydrogen) atoms. The Bertz CT molecular complexity index is 1180. The summed E-state index contributed by atoms with van der Waals surface area (Å²) in [5, 5.41) is 11.7. The van der Waals surface area contributed by atoms with Gasteiger partial charge in [-0.1, -0.05) is 41.0 Å². The maximum Gasteiger partial charge on any atom is 0.257 e. The van der Waals surface area contributed by atoms with Crippen molar-refractivity contribution in [2.24, 2.45) is 7.05 Å². The number of rotatable bonds is 5. The number of amides is 1. The van der Waals surface area contributed by atoms with Crippen molar-refractivity contribution in [2.45, 2.75) is 13.5 Å². The van der Waals surface area contributed by atoms with Gasteiger partial charge >= 0.3 is 0 Å². The molecule has 4 aromatic rings. The van der Waals surface area contributed by atoms with Crippen molar-refractivity contribution in [2.75, 3.05) is 0 Å². The van der Waals surface area contributed by atoms with Crippen molar-refractivity contribution in [3.8, 4) is 22.5 Å². The van der Waals surface area contributed by atoms with E-state index >= 15 is 0 Å². The zero-order chi connectivity index (χ0) is 20.4. The van der Waals surface area contributed by atoms with Gasteiger partial charge in [-0.2, -0.15) is 5.10 Å². The minimum Gasteiger partial charge on any atom is -0.360 e. The Kier molecular flexibility index (Phi) is 5.14. The predicted octanol–water partition coefficient (Wildman–Crippen LogP) is 4.03. The summed E-state index contributed by atoms with van der Waals surface area (Å²) in [5.41, 5.74) is 3.97. The molecule has 4 rings (SSSR count). The number of nitrogens with zero attached hydrogens (tertiary/aromatic N) is 4. The van der Waals surface area contributed by atoms with Crippen molar-refractivity contribution < 1.29 is 9.32 Å². The highest BCUT2D eigenvalue weighted by molar-refractivity contribution is 6.33. The van der Waals surface area contributed by atoms with Crippen LogP contribution in [0.1, 0.15) is 21.7 Å². The third kappa shape index (κ3) is 3.77. The molecule has 0 bridgehead atoms. The fourth-order valence-corrected chi connectivity index (χ4v) is 3.35. The third-order valence-electron chi connectivity index (χ3n) is 4.53. The molecule has 1 amide bonds. The number of carbonyl (C=O) groups is 1. The summed E-state index contributed by atoms with van der Waals surface area (Å²) in [7, 11) is 1.85. The molecule has 0 aliphatic heterocycles. The van der Waals surface area contributed by atoms with E-state index < -0.39 is 0 Å². The number of pyridine rings is 1. The van der Waals surface area contributed by atoms with Crippen molar-refractivity contribution >= 4 is 17.5 Å². The molecule has 146 valence electrons. The van der Waals surface area contributed by atoms with Crippen LogP contribution < -0.4 is 5.32 Å². The van der Waals surface area contributed by atoms with Crippen LogP contribution >= 0.6 is 11.6 Å². The van der Waals surface area contributed by atoms with Crippen molar-refractivity contribution in [3.63, 3.8) is 0 Å². The zero-order valence-corrected chi connectivity index (χ0v) is 16.6. The van der Waals surface area contributed by atoms with Gasteiger partial charge in [0, 0.05) is 37.1 Å². The summed E-state index contributed by atoms with van der Waals surface area (Å²) < 4.78 is 6.99. The molecule has 0 aliphatic carbocycles. The fourth-order valence-electron chi connectivity index (χ4n) is 3.13. The predicted molar refractivity (Wildman–Crippen MR) is 109 cm³/mol. The topological polar surface area (TPSA) is 85.8 Å². The van der Waals surface area contributed by atoms with E-state index in [1.54, 1.807) is 36.1 Å². The van der Waals surface area contributed by atoms with Gasteiger partial charge in [0.1, 0.15) is 17.0 Å². The molecule has 0 saturated heterocycles. The van der Waals surface area contributed by atoms with Crippen LogP contribution in [0.25, 0.3) is 22.5 Å². The summed E-state index contributed by atoms with van der Waals surface area (Å²) in [6.07, 6.45) is 5.34. The summed E-state index contributed by atoms with van der Waals surface area (Å²) in [5.74, 6) is 0.135. The average Bonchev–Trinajstić information content (AvgIpc) is 3.32. The van der Waals surface area contributed by atoms with Gasteiger partial charge in [-0.3, -0.25) is 14.5 Å². The molecule has 0 unspecified atom stereocenters. The second-order valence-corrected chi connectivity index (χ2v) is 6.95. The number of hydrogen-bond donors (Lipinski definition) is 1. The molecule has 1 aromatic carbocycles. The maximum absolute atomic E-state index is 13.0. The molecule has 0 atom stereocenters. The highest BCUT2D eigenvalue weighted by Gasteiger charge is 2.23. The monoisotopic (exact) mass is 407 g/mol. The second kappa shape index (κ2) is 7.89. The number of aryl methyl sites for hydroxylation is 2. The Morgan fingerprint density at radius 2 is 2.03 bits per heavy atom. The van der Waals surface area contributed by atoms with E-state index in [1.807, 2.05) is 37.5 Å². The minimum absolute atomic E-state index is 0.292. The zero-order valence-electron chi connectivity index (χ0n) is 15.9. The van der Waals surface area contributed by atoms with Crippen LogP contribution in [0.2, 0.25) is 5.02 Å². The van der Waals surface area contributed by atoms with Gasteiger partial charge in [0.15, 0.2) is 0 Å². The van der Waals surface area contributed by atoms with E-state index in [-0.39, 0.29) is 5.91 Å². The molecule has 0 aliphatic rings. The van der Waals surface area contributed by atoms with E-state index in [4.69, 9.17) is 16.1 Å². The van der Waals surface area contributed by atoms with E-state index in [0.717, 1.165) is 16.8 Å². The van der Waals surface area contributed by atoms with Crippen LogP contribution in [-0.4, -0.2) is 25.8 Å². The van der Waals surface area contributed by atoms with Crippen LogP contribution in [0.4, 0.5) is 0 Å². The molecule has 8 heteroatoms. The van der Waals surface area contributed by atoms with Crippen molar-refractivity contribution in [3.05, 3.63) is 76.9 Å². The lowest BCUT2D eigenvalue weighted by Crippen LogP contribution is -2.24. The molecular weight excluding hydrogens is 390 g/mol. The Hall–Kier alpha value is -3.45. The van der Waals surface area contributed by atoms with Crippen LogP contribution in [0.5, 0.6) is 0 Å². The number of benzene rings is 1. The first-order chi connectivity index (χ1) is 14.0. The fraction of sp³-hybridized carbons (Fsp3) is 0.143. The number of aromatic nitrogens is 4.